The summed E-state index contributed by atoms with van der Waals surface area (Å²) >= 11 is 8.69. The van der Waals surface area contributed by atoms with Gasteiger partial charge in [0.05, 0.1) is 3.79 Å². The topological polar surface area (TPSA) is 44.4 Å². The second-order valence-corrected chi connectivity index (χ2v) is 7.93. The van der Waals surface area contributed by atoms with Crippen LogP contribution in [0.1, 0.15) is 4.88 Å². The number of halogens is 2. The minimum absolute atomic E-state index is 0.0241. The van der Waals surface area contributed by atoms with Crippen LogP contribution in [0.15, 0.2) is 38.6 Å². The molecule has 1 aliphatic rings. The third-order valence-electron chi connectivity index (χ3n) is 3.20. The van der Waals surface area contributed by atoms with Crippen molar-refractivity contribution in [3.8, 4) is 0 Å². The number of anilines is 2. The minimum Gasteiger partial charge on any atom is -0.380 e. The van der Waals surface area contributed by atoms with E-state index in [9.17, 15) is 4.79 Å². The molecule has 0 unspecified atom stereocenters. The number of urea groups is 1. The zero-order valence-corrected chi connectivity index (χ0v) is 15.0. The molecular formula is C14H13Br2N3OS. The van der Waals surface area contributed by atoms with Gasteiger partial charge in [0.15, 0.2) is 0 Å². The van der Waals surface area contributed by atoms with Crippen molar-refractivity contribution < 1.29 is 4.79 Å². The zero-order valence-electron chi connectivity index (χ0n) is 11.0. The van der Waals surface area contributed by atoms with Crippen LogP contribution in [0.4, 0.5) is 16.2 Å². The zero-order chi connectivity index (χ0) is 14.8. The number of benzene rings is 1. The highest BCUT2D eigenvalue weighted by Gasteiger charge is 2.20. The maximum Gasteiger partial charge on any atom is 0.321 e. The average Bonchev–Trinajstić information content (AvgIpc) is 3.04. The molecule has 1 saturated heterocycles. The lowest BCUT2D eigenvalue weighted by molar-refractivity contribution is 0.252. The average molecular weight is 431 g/mol. The molecule has 0 atom stereocenters. The molecule has 1 fully saturated rings. The van der Waals surface area contributed by atoms with E-state index in [4.69, 9.17) is 0 Å². The van der Waals surface area contributed by atoms with Gasteiger partial charge >= 0.3 is 6.03 Å². The van der Waals surface area contributed by atoms with Crippen LogP contribution in [-0.2, 0) is 6.54 Å². The number of hydrogen-bond donors (Lipinski definition) is 2. The molecule has 0 aliphatic carbocycles. The fraction of sp³-hybridized carbons (Fsp3) is 0.214. The number of nitrogens with one attached hydrogen (secondary N) is 2. The summed E-state index contributed by atoms with van der Waals surface area (Å²) in [7, 11) is 0. The van der Waals surface area contributed by atoms with Gasteiger partial charge < -0.3 is 10.6 Å². The number of rotatable bonds is 4. The number of amides is 2. The lowest BCUT2D eigenvalue weighted by Crippen LogP contribution is -2.27. The molecular weight excluding hydrogens is 418 g/mol. The Morgan fingerprint density at radius 1 is 1.29 bits per heavy atom. The Bertz CT molecular complexity index is 637. The van der Waals surface area contributed by atoms with Crippen molar-refractivity contribution >= 4 is 60.6 Å². The molecule has 1 aliphatic heterocycles. The van der Waals surface area contributed by atoms with Crippen molar-refractivity contribution in [3.05, 3.63) is 43.5 Å². The molecule has 0 bridgehead atoms. The first kappa shape index (κ1) is 14.9. The molecule has 4 nitrogen and oxygen atoms in total. The van der Waals surface area contributed by atoms with E-state index < -0.39 is 0 Å². The summed E-state index contributed by atoms with van der Waals surface area (Å²) in [6.45, 7) is 2.21. The van der Waals surface area contributed by atoms with E-state index in [1.807, 2.05) is 24.3 Å². The molecule has 2 amide bonds. The highest BCUT2D eigenvalue weighted by Crippen LogP contribution is 2.32. The van der Waals surface area contributed by atoms with E-state index in [2.05, 4.69) is 48.6 Å². The third kappa shape index (κ3) is 3.41. The Kier molecular flexibility index (Phi) is 4.51. The molecule has 0 radical (unpaired) electrons. The molecule has 1 aromatic heterocycles. The van der Waals surface area contributed by atoms with E-state index in [0.29, 0.717) is 6.54 Å². The van der Waals surface area contributed by atoms with Gasteiger partial charge in [-0.2, -0.15) is 0 Å². The fourth-order valence-corrected chi connectivity index (χ4v) is 4.26. The van der Waals surface area contributed by atoms with E-state index in [1.54, 1.807) is 16.2 Å². The summed E-state index contributed by atoms with van der Waals surface area (Å²) in [5.74, 6) is 0. The maximum absolute atomic E-state index is 11.6. The van der Waals surface area contributed by atoms with E-state index in [0.717, 1.165) is 32.7 Å². The molecule has 3 rings (SSSR count). The Morgan fingerprint density at radius 2 is 2.05 bits per heavy atom. The van der Waals surface area contributed by atoms with Crippen molar-refractivity contribution in [2.24, 2.45) is 0 Å². The van der Waals surface area contributed by atoms with Crippen LogP contribution in [0.25, 0.3) is 0 Å². The number of thiophene rings is 1. The SMILES string of the molecule is O=C1NCCN1c1ccc(NCc2cc(Br)c(Br)s2)cc1. The molecule has 1 aromatic carbocycles. The molecule has 21 heavy (non-hydrogen) atoms. The quantitative estimate of drug-likeness (QED) is 0.754. The van der Waals surface area contributed by atoms with Crippen molar-refractivity contribution in [3.63, 3.8) is 0 Å². The highest BCUT2D eigenvalue weighted by molar-refractivity contribution is 9.13. The fourth-order valence-electron chi connectivity index (χ4n) is 2.14. The largest absolute Gasteiger partial charge is 0.380 e. The molecule has 0 saturated carbocycles. The van der Waals surface area contributed by atoms with Crippen LogP contribution >= 0.6 is 43.2 Å². The van der Waals surface area contributed by atoms with Gasteiger partial charge in [-0.1, -0.05) is 0 Å². The van der Waals surface area contributed by atoms with Gasteiger partial charge in [-0.3, -0.25) is 4.90 Å². The predicted octanol–water partition coefficient (Wildman–Crippen LogP) is 4.41. The van der Waals surface area contributed by atoms with Crippen molar-refractivity contribution in [2.45, 2.75) is 6.54 Å². The first-order valence-electron chi connectivity index (χ1n) is 6.46. The van der Waals surface area contributed by atoms with Gasteiger partial charge in [-0.15, -0.1) is 11.3 Å². The van der Waals surface area contributed by atoms with Crippen LogP contribution in [-0.4, -0.2) is 19.1 Å². The first-order chi connectivity index (χ1) is 10.1. The summed E-state index contributed by atoms with van der Waals surface area (Å²) < 4.78 is 2.19. The molecule has 2 heterocycles. The number of carbonyl (C=O) groups is 1. The third-order valence-corrected chi connectivity index (χ3v) is 6.45. The number of carbonyl (C=O) groups excluding carboxylic acids is 1. The Labute approximate surface area is 143 Å². The summed E-state index contributed by atoms with van der Waals surface area (Å²) in [4.78, 5) is 14.6. The van der Waals surface area contributed by atoms with Crippen LogP contribution in [0.5, 0.6) is 0 Å². The standard InChI is InChI=1S/C14H13Br2N3OS/c15-12-7-11(21-13(12)16)8-18-9-1-3-10(4-2-9)19-6-5-17-14(19)20/h1-4,7,18H,5-6,8H2,(H,17,20). The summed E-state index contributed by atoms with van der Waals surface area (Å²) in [6.07, 6.45) is 0. The second-order valence-electron chi connectivity index (χ2n) is 4.62. The van der Waals surface area contributed by atoms with E-state index in [1.165, 1.54) is 4.88 Å². The summed E-state index contributed by atoms with van der Waals surface area (Å²) in [5, 5.41) is 6.18. The highest BCUT2D eigenvalue weighted by atomic mass is 79.9. The van der Waals surface area contributed by atoms with Gasteiger partial charge in [0, 0.05) is 40.4 Å². The number of hydrogen-bond acceptors (Lipinski definition) is 3. The molecule has 2 aromatic rings. The Balaban J connectivity index is 1.63. The second kappa shape index (κ2) is 6.37. The lowest BCUT2D eigenvalue weighted by atomic mass is 10.2. The normalized spacial score (nSPS) is 14.4. The molecule has 2 N–H and O–H groups in total. The first-order valence-corrected chi connectivity index (χ1v) is 8.87. The van der Waals surface area contributed by atoms with E-state index >= 15 is 0 Å². The smallest absolute Gasteiger partial charge is 0.321 e. The van der Waals surface area contributed by atoms with Crippen molar-refractivity contribution in [2.75, 3.05) is 23.3 Å². The molecule has 0 spiro atoms. The van der Waals surface area contributed by atoms with Crippen LogP contribution in [0, 0.1) is 0 Å². The van der Waals surface area contributed by atoms with Gasteiger partial charge in [0.25, 0.3) is 0 Å². The molecule has 7 heteroatoms. The van der Waals surface area contributed by atoms with Gasteiger partial charge in [0.2, 0.25) is 0 Å². The van der Waals surface area contributed by atoms with Crippen LogP contribution in [0.3, 0.4) is 0 Å². The maximum atomic E-state index is 11.6. The van der Waals surface area contributed by atoms with Gasteiger partial charge in [0.1, 0.15) is 0 Å². The Morgan fingerprint density at radius 3 is 2.62 bits per heavy atom. The molecule has 110 valence electrons. The lowest BCUT2D eigenvalue weighted by Gasteiger charge is -2.14. The van der Waals surface area contributed by atoms with Crippen LogP contribution in [0.2, 0.25) is 0 Å². The van der Waals surface area contributed by atoms with Gasteiger partial charge in [-0.05, 0) is 62.2 Å². The van der Waals surface area contributed by atoms with Crippen molar-refractivity contribution in [1.29, 1.82) is 0 Å². The van der Waals surface area contributed by atoms with Crippen LogP contribution < -0.4 is 15.5 Å². The minimum atomic E-state index is -0.0241. The van der Waals surface area contributed by atoms with Gasteiger partial charge in [-0.25, -0.2) is 4.79 Å². The van der Waals surface area contributed by atoms with E-state index in [-0.39, 0.29) is 6.03 Å². The predicted molar refractivity (Wildman–Crippen MR) is 94.2 cm³/mol. The summed E-state index contributed by atoms with van der Waals surface area (Å²) in [5.41, 5.74) is 1.97. The Hall–Kier alpha value is -1.05. The number of nitrogens with zero attached hydrogens (tertiary/aromatic N) is 1. The van der Waals surface area contributed by atoms with Crippen molar-refractivity contribution in [1.82, 2.24) is 5.32 Å². The summed E-state index contributed by atoms with van der Waals surface area (Å²) in [6, 6.07) is 10.0. The monoisotopic (exact) mass is 429 g/mol.